The van der Waals surface area contributed by atoms with E-state index >= 15 is 0 Å². The van der Waals surface area contributed by atoms with Gasteiger partial charge in [0, 0.05) is 55.2 Å². The summed E-state index contributed by atoms with van der Waals surface area (Å²) in [5.74, 6) is 0.789. The Morgan fingerprint density at radius 2 is 1.93 bits per heavy atom. The molecule has 0 aromatic carbocycles. The number of carbonyl (C=O) groups is 1. The van der Waals surface area contributed by atoms with Gasteiger partial charge in [0.2, 0.25) is 11.9 Å². The van der Waals surface area contributed by atoms with Gasteiger partial charge in [0.25, 0.3) is 0 Å². The van der Waals surface area contributed by atoms with E-state index in [0.717, 1.165) is 48.0 Å². The van der Waals surface area contributed by atoms with Crippen LogP contribution in [-0.4, -0.2) is 90.0 Å². The zero-order valence-electron chi connectivity index (χ0n) is 24.3. The summed E-state index contributed by atoms with van der Waals surface area (Å²) in [6.45, 7) is 9.22. The average Bonchev–Trinajstić information content (AvgIpc) is 3.55. The maximum atomic E-state index is 13.5. The SMILES string of the molecule is COC[C@H](C)Nc1ncc2c(-c3cnn(C(C)(C)C(=O)N4CCC(C)(O)CC4)c3)cc(C3CCC(O)CC3)n2n1. The molecular formula is C29H43N7O4. The number of hydrogen-bond acceptors (Lipinski definition) is 8. The number of rotatable bonds is 8. The van der Waals surface area contributed by atoms with Crippen molar-refractivity contribution in [3.05, 3.63) is 30.4 Å². The minimum absolute atomic E-state index is 0.00919. The molecule has 3 aromatic rings. The largest absolute Gasteiger partial charge is 0.393 e. The minimum Gasteiger partial charge on any atom is -0.393 e. The second-order valence-corrected chi connectivity index (χ2v) is 12.4. The van der Waals surface area contributed by atoms with Crippen molar-refractivity contribution < 1.29 is 19.7 Å². The van der Waals surface area contributed by atoms with E-state index in [2.05, 4.69) is 21.5 Å². The normalized spacial score (nSPS) is 22.4. The van der Waals surface area contributed by atoms with Gasteiger partial charge in [-0.1, -0.05) is 0 Å². The summed E-state index contributed by atoms with van der Waals surface area (Å²) >= 11 is 0. The van der Waals surface area contributed by atoms with Crippen LogP contribution in [0.2, 0.25) is 0 Å². The number of hydrogen-bond donors (Lipinski definition) is 3. The summed E-state index contributed by atoms with van der Waals surface area (Å²) in [5, 5.41) is 33.2. The van der Waals surface area contributed by atoms with E-state index in [0.29, 0.717) is 38.5 Å². The molecule has 1 aliphatic heterocycles. The minimum atomic E-state index is -0.885. The fourth-order valence-electron chi connectivity index (χ4n) is 5.93. The van der Waals surface area contributed by atoms with Crippen LogP contribution in [0.5, 0.6) is 0 Å². The molecule has 0 bridgehead atoms. The molecular weight excluding hydrogens is 510 g/mol. The Bertz CT molecular complexity index is 1330. The van der Waals surface area contributed by atoms with Crippen molar-refractivity contribution in [2.24, 2.45) is 0 Å². The molecule has 1 amide bonds. The Hall–Kier alpha value is -3.02. The fourth-order valence-corrected chi connectivity index (χ4v) is 5.93. The lowest BCUT2D eigenvalue weighted by atomic mass is 9.85. The lowest BCUT2D eigenvalue weighted by Gasteiger charge is -2.39. The number of nitrogens with one attached hydrogen (secondary N) is 1. The molecule has 0 unspecified atom stereocenters. The van der Waals surface area contributed by atoms with Crippen LogP contribution >= 0.6 is 0 Å². The predicted octanol–water partition coefficient (Wildman–Crippen LogP) is 3.17. The van der Waals surface area contributed by atoms with Crippen LogP contribution in [0, 0.1) is 0 Å². The van der Waals surface area contributed by atoms with Gasteiger partial charge < -0.3 is 25.2 Å². The molecule has 3 N–H and O–H groups in total. The third-order valence-corrected chi connectivity index (χ3v) is 8.57. The molecule has 1 saturated carbocycles. The molecule has 11 heteroatoms. The number of methoxy groups -OCH3 is 1. The number of anilines is 1. The number of nitrogens with zero attached hydrogens (tertiary/aromatic N) is 6. The molecule has 1 aliphatic carbocycles. The first-order valence-corrected chi connectivity index (χ1v) is 14.4. The summed E-state index contributed by atoms with van der Waals surface area (Å²) in [6, 6.07) is 2.22. The number of likely N-dealkylation sites (tertiary alicyclic amines) is 1. The van der Waals surface area contributed by atoms with Gasteiger partial charge in [-0.15, -0.1) is 5.10 Å². The van der Waals surface area contributed by atoms with E-state index in [1.165, 1.54) is 0 Å². The number of piperidine rings is 1. The van der Waals surface area contributed by atoms with Gasteiger partial charge in [0.05, 0.1) is 36.2 Å². The second-order valence-electron chi connectivity index (χ2n) is 12.4. The predicted molar refractivity (Wildman–Crippen MR) is 152 cm³/mol. The van der Waals surface area contributed by atoms with Crippen LogP contribution in [-0.2, 0) is 15.1 Å². The number of aromatic nitrogens is 5. The molecule has 4 heterocycles. The van der Waals surface area contributed by atoms with Gasteiger partial charge >= 0.3 is 0 Å². The molecule has 218 valence electrons. The van der Waals surface area contributed by atoms with Crippen molar-refractivity contribution >= 4 is 17.4 Å². The van der Waals surface area contributed by atoms with E-state index in [9.17, 15) is 15.0 Å². The fraction of sp³-hybridized carbons (Fsp3) is 0.655. The molecule has 2 fully saturated rings. The van der Waals surface area contributed by atoms with Crippen LogP contribution in [0.25, 0.3) is 16.6 Å². The second kappa shape index (κ2) is 11.1. The van der Waals surface area contributed by atoms with Crippen molar-refractivity contribution in [3.63, 3.8) is 0 Å². The van der Waals surface area contributed by atoms with Crippen LogP contribution < -0.4 is 5.32 Å². The Morgan fingerprint density at radius 3 is 2.60 bits per heavy atom. The van der Waals surface area contributed by atoms with Crippen LogP contribution in [0.15, 0.2) is 24.7 Å². The summed E-state index contributed by atoms with van der Waals surface area (Å²) in [4.78, 5) is 19.9. The van der Waals surface area contributed by atoms with Crippen molar-refractivity contribution in [2.75, 3.05) is 32.1 Å². The van der Waals surface area contributed by atoms with Gasteiger partial charge in [0.1, 0.15) is 5.54 Å². The number of carbonyl (C=O) groups excluding carboxylic acids is 1. The summed E-state index contributed by atoms with van der Waals surface area (Å²) < 4.78 is 8.96. The smallest absolute Gasteiger partial charge is 0.249 e. The van der Waals surface area contributed by atoms with Crippen molar-refractivity contribution in [3.8, 4) is 11.1 Å². The Balaban J connectivity index is 1.46. The zero-order valence-corrected chi connectivity index (χ0v) is 24.3. The first kappa shape index (κ1) is 28.5. The quantitative estimate of drug-likeness (QED) is 0.388. The maximum absolute atomic E-state index is 13.5. The molecule has 0 spiro atoms. The van der Waals surface area contributed by atoms with Gasteiger partial charge in [0.15, 0.2) is 0 Å². The van der Waals surface area contributed by atoms with E-state index in [-0.39, 0.29) is 24.0 Å². The van der Waals surface area contributed by atoms with Gasteiger partial charge in [-0.05, 0) is 72.3 Å². The highest BCUT2D eigenvalue weighted by atomic mass is 16.5. The molecule has 1 atom stereocenters. The molecule has 1 saturated heterocycles. The summed E-state index contributed by atoms with van der Waals surface area (Å²) in [5.41, 5.74) is 2.20. The highest BCUT2D eigenvalue weighted by Crippen LogP contribution is 2.38. The number of amides is 1. The number of aliphatic hydroxyl groups is 2. The first-order valence-electron chi connectivity index (χ1n) is 14.4. The third kappa shape index (κ3) is 5.73. The summed E-state index contributed by atoms with van der Waals surface area (Å²) in [6.07, 6.45) is 9.78. The standard InChI is InChI=1S/C29H43N7O4/c1-19(18-40-5)32-27-30-16-25-23(14-24(36(25)33-27)20-6-8-22(37)9-7-20)21-15-31-35(17-21)28(2,3)26(38)34-12-10-29(4,39)11-13-34/h14-17,19-20,22,37,39H,6-13,18H2,1-5H3,(H,32,33)/t19-,20?,22?/m0/s1. The maximum Gasteiger partial charge on any atom is 0.249 e. The Kier molecular flexibility index (Phi) is 7.91. The monoisotopic (exact) mass is 553 g/mol. The lowest BCUT2D eigenvalue weighted by Crippen LogP contribution is -2.52. The zero-order chi connectivity index (χ0) is 28.7. The Labute approximate surface area is 235 Å². The molecule has 11 nitrogen and oxygen atoms in total. The molecule has 0 radical (unpaired) electrons. The van der Waals surface area contributed by atoms with Gasteiger partial charge in [-0.2, -0.15) is 5.10 Å². The van der Waals surface area contributed by atoms with Crippen molar-refractivity contribution in [1.82, 2.24) is 29.3 Å². The van der Waals surface area contributed by atoms with E-state index in [1.54, 1.807) is 18.0 Å². The summed E-state index contributed by atoms with van der Waals surface area (Å²) in [7, 11) is 1.67. The lowest BCUT2D eigenvalue weighted by molar-refractivity contribution is -0.143. The van der Waals surface area contributed by atoms with E-state index < -0.39 is 11.1 Å². The highest BCUT2D eigenvalue weighted by Gasteiger charge is 2.38. The third-order valence-electron chi connectivity index (χ3n) is 8.57. The number of fused-ring (bicyclic) bond motifs is 1. The van der Waals surface area contributed by atoms with E-state index in [1.807, 2.05) is 49.5 Å². The highest BCUT2D eigenvalue weighted by molar-refractivity contribution is 5.85. The molecule has 40 heavy (non-hydrogen) atoms. The first-order chi connectivity index (χ1) is 19.0. The average molecular weight is 554 g/mol. The van der Waals surface area contributed by atoms with Crippen LogP contribution in [0.3, 0.4) is 0 Å². The number of ether oxygens (including phenoxy) is 1. The van der Waals surface area contributed by atoms with Crippen LogP contribution in [0.4, 0.5) is 5.95 Å². The van der Waals surface area contributed by atoms with Crippen LogP contribution in [0.1, 0.15) is 77.8 Å². The van der Waals surface area contributed by atoms with Gasteiger partial charge in [-0.3, -0.25) is 9.48 Å². The molecule has 3 aromatic heterocycles. The molecule has 2 aliphatic rings. The molecule has 5 rings (SSSR count). The van der Waals surface area contributed by atoms with Gasteiger partial charge in [-0.25, -0.2) is 9.50 Å². The number of aliphatic hydroxyl groups excluding tert-OH is 1. The van der Waals surface area contributed by atoms with E-state index in [4.69, 9.17) is 9.84 Å². The topological polar surface area (TPSA) is 130 Å². The van der Waals surface area contributed by atoms with Crippen molar-refractivity contribution in [2.45, 2.75) is 95.4 Å². The Morgan fingerprint density at radius 1 is 1.23 bits per heavy atom. The van der Waals surface area contributed by atoms with Crippen molar-refractivity contribution in [1.29, 1.82) is 0 Å².